The third-order valence-corrected chi connectivity index (χ3v) is 6.87. The third kappa shape index (κ3) is 4.04. The molecule has 0 saturated carbocycles. The molecule has 5 aromatic rings. The van der Waals surface area contributed by atoms with Crippen LogP contribution in [0.15, 0.2) is 67.0 Å². The monoisotopic (exact) mass is 490 g/mol. The lowest BCUT2D eigenvalue weighted by Gasteiger charge is -2.29. The summed E-state index contributed by atoms with van der Waals surface area (Å²) in [6.07, 6.45) is 6.99. The topological polar surface area (TPSA) is 102 Å². The van der Waals surface area contributed by atoms with E-state index in [-0.39, 0.29) is 22.6 Å². The van der Waals surface area contributed by atoms with Crippen molar-refractivity contribution in [3.8, 4) is 45.5 Å². The zero-order valence-electron chi connectivity index (χ0n) is 19.9. The van der Waals surface area contributed by atoms with Gasteiger partial charge in [0.1, 0.15) is 17.6 Å². The number of aromatic nitrogens is 4. The summed E-state index contributed by atoms with van der Waals surface area (Å²) in [5, 5.41) is 28.3. The molecule has 2 N–H and O–H groups in total. The maximum absolute atomic E-state index is 15.0. The molecule has 1 aliphatic heterocycles. The van der Waals surface area contributed by atoms with Crippen LogP contribution in [-0.2, 0) is 0 Å². The molecular formula is C29H23FN6O. The van der Waals surface area contributed by atoms with Crippen molar-refractivity contribution in [2.75, 3.05) is 18.0 Å². The van der Waals surface area contributed by atoms with E-state index in [1.165, 1.54) is 31.4 Å². The lowest BCUT2D eigenvalue weighted by atomic mass is 9.92. The number of halogens is 1. The molecule has 0 amide bonds. The zero-order chi connectivity index (χ0) is 25.4. The van der Waals surface area contributed by atoms with Gasteiger partial charge in [-0.05, 0) is 61.2 Å². The summed E-state index contributed by atoms with van der Waals surface area (Å²) >= 11 is 0. The van der Waals surface area contributed by atoms with Crippen LogP contribution in [0.25, 0.3) is 44.7 Å². The Bertz CT molecular complexity index is 1630. The quantitative estimate of drug-likeness (QED) is 0.317. The second-order valence-electron chi connectivity index (χ2n) is 9.11. The average molecular weight is 491 g/mol. The van der Waals surface area contributed by atoms with Gasteiger partial charge in [-0.2, -0.15) is 10.4 Å². The minimum Gasteiger partial charge on any atom is -0.508 e. The SMILES string of the molecule is N#Cc1c(-c2ccc(O)cc2F)nc2n[nH]c(-c3ccncc3)c2c1-c1ccc(N2CCCCC2)cc1. The first-order chi connectivity index (χ1) is 18.1. The Morgan fingerprint density at radius 2 is 1.70 bits per heavy atom. The van der Waals surface area contributed by atoms with Crippen LogP contribution in [-0.4, -0.2) is 38.4 Å². The van der Waals surface area contributed by atoms with E-state index in [0.29, 0.717) is 22.3 Å². The van der Waals surface area contributed by atoms with Gasteiger partial charge in [-0.3, -0.25) is 10.1 Å². The summed E-state index contributed by atoms with van der Waals surface area (Å²) in [4.78, 5) is 11.1. The molecule has 0 spiro atoms. The molecule has 1 aliphatic rings. The van der Waals surface area contributed by atoms with Gasteiger partial charge in [0.2, 0.25) is 0 Å². The number of hydrogen-bond donors (Lipinski definition) is 2. The largest absolute Gasteiger partial charge is 0.508 e. The maximum Gasteiger partial charge on any atom is 0.182 e. The van der Waals surface area contributed by atoms with Crippen LogP contribution in [0.5, 0.6) is 5.75 Å². The number of nitrogens with one attached hydrogen (secondary N) is 1. The molecule has 37 heavy (non-hydrogen) atoms. The molecule has 2 aromatic carbocycles. The highest BCUT2D eigenvalue weighted by Gasteiger charge is 2.24. The Morgan fingerprint density at radius 1 is 0.946 bits per heavy atom. The van der Waals surface area contributed by atoms with Crippen LogP contribution in [0.1, 0.15) is 24.8 Å². The Hall–Kier alpha value is -4.77. The van der Waals surface area contributed by atoms with Crippen molar-refractivity contribution in [1.29, 1.82) is 5.26 Å². The summed E-state index contributed by atoms with van der Waals surface area (Å²) in [6.45, 7) is 2.06. The van der Waals surface area contributed by atoms with Gasteiger partial charge in [0.15, 0.2) is 5.65 Å². The Morgan fingerprint density at radius 3 is 2.41 bits per heavy atom. The lowest BCUT2D eigenvalue weighted by molar-refractivity contribution is 0.469. The fourth-order valence-corrected chi connectivity index (χ4v) is 5.06. The van der Waals surface area contributed by atoms with E-state index in [9.17, 15) is 14.8 Å². The van der Waals surface area contributed by atoms with Crippen molar-refractivity contribution < 1.29 is 9.50 Å². The first-order valence-corrected chi connectivity index (χ1v) is 12.2. The third-order valence-electron chi connectivity index (χ3n) is 6.87. The molecule has 0 unspecified atom stereocenters. The van der Waals surface area contributed by atoms with Gasteiger partial charge < -0.3 is 10.0 Å². The van der Waals surface area contributed by atoms with Gasteiger partial charge in [0.25, 0.3) is 0 Å². The number of nitriles is 1. The molecule has 0 atom stereocenters. The van der Waals surface area contributed by atoms with Crippen molar-refractivity contribution in [2.45, 2.75) is 19.3 Å². The highest BCUT2D eigenvalue weighted by Crippen LogP contribution is 2.41. The van der Waals surface area contributed by atoms with Crippen LogP contribution in [0.2, 0.25) is 0 Å². The second-order valence-corrected chi connectivity index (χ2v) is 9.11. The first kappa shape index (κ1) is 22.7. The number of aromatic hydroxyl groups is 1. The van der Waals surface area contributed by atoms with Gasteiger partial charge >= 0.3 is 0 Å². The Kier molecular flexibility index (Phi) is 5.73. The van der Waals surface area contributed by atoms with Crippen molar-refractivity contribution in [3.63, 3.8) is 0 Å². The number of anilines is 1. The highest BCUT2D eigenvalue weighted by atomic mass is 19.1. The molecular weight excluding hydrogens is 467 g/mol. The van der Waals surface area contributed by atoms with E-state index in [1.807, 2.05) is 24.3 Å². The molecule has 1 saturated heterocycles. The number of aromatic amines is 1. The standard InChI is InChI=1S/C29H23FN6O/c30-24-16-21(37)8-9-22(24)28-23(17-31)25(18-4-6-20(7-5-18)36-14-2-1-3-15-36)26-27(34-35-29(26)33-28)19-10-12-32-13-11-19/h4-13,16,37H,1-3,14-15H2,(H,33,34,35). The number of piperidine rings is 1. The fourth-order valence-electron chi connectivity index (χ4n) is 5.06. The summed E-state index contributed by atoms with van der Waals surface area (Å²) in [6, 6.07) is 18.0. The Balaban J connectivity index is 1.61. The number of benzene rings is 2. The number of phenols is 1. The number of pyridine rings is 2. The zero-order valence-corrected chi connectivity index (χ0v) is 19.9. The Labute approximate surface area is 212 Å². The molecule has 0 bridgehead atoms. The highest BCUT2D eigenvalue weighted by molar-refractivity contribution is 6.06. The molecule has 6 rings (SSSR count). The maximum atomic E-state index is 15.0. The van der Waals surface area contributed by atoms with Crippen LogP contribution in [0, 0.1) is 17.1 Å². The molecule has 0 radical (unpaired) electrons. The smallest absolute Gasteiger partial charge is 0.182 e. The predicted molar refractivity (Wildman–Crippen MR) is 140 cm³/mol. The van der Waals surface area contributed by atoms with Crippen molar-refractivity contribution in [2.24, 2.45) is 0 Å². The van der Waals surface area contributed by atoms with E-state index in [4.69, 9.17) is 0 Å². The average Bonchev–Trinajstić information content (AvgIpc) is 3.37. The number of H-pyrrole nitrogens is 1. The van der Waals surface area contributed by atoms with Crippen LogP contribution < -0.4 is 4.90 Å². The number of nitrogens with zero attached hydrogens (tertiary/aromatic N) is 5. The summed E-state index contributed by atoms with van der Waals surface area (Å²) in [5.74, 6) is -0.867. The summed E-state index contributed by atoms with van der Waals surface area (Å²) in [7, 11) is 0. The summed E-state index contributed by atoms with van der Waals surface area (Å²) < 4.78 is 15.0. The van der Waals surface area contributed by atoms with Gasteiger partial charge in [-0.1, -0.05) is 12.1 Å². The van der Waals surface area contributed by atoms with Gasteiger partial charge in [-0.25, -0.2) is 9.37 Å². The van der Waals surface area contributed by atoms with Gasteiger partial charge in [0.05, 0.1) is 22.3 Å². The van der Waals surface area contributed by atoms with Crippen molar-refractivity contribution >= 4 is 16.7 Å². The molecule has 4 heterocycles. The number of fused-ring (bicyclic) bond motifs is 1. The number of phenolic OH excluding ortho intramolecular Hbond substituents is 1. The van der Waals surface area contributed by atoms with Crippen molar-refractivity contribution in [3.05, 3.63) is 78.4 Å². The van der Waals surface area contributed by atoms with Crippen LogP contribution in [0.3, 0.4) is 0 Å². The predicted octanol–water partition coefficient (Wildman–Crippen LogP) is 6.06. The molecule has 7 nitrogen and oxygen atoms in total. The second kappa shape index (κ2) is 9.36. The van der Waals surface area contributed by atoms with E-state index in [0.717, 1.165) is 36.0 Å². The molecule has 182 valence electrons. The number of rotatable bonds is 4. The van der Waals surface area contributed by atoms with Gasteiger partial charge in [-0.15, -0.1) is 0 Å². The van der Waals surface area contributed by atoms with E-state index in [2.05, 4.69) is 43.3 Å². The van der Waals surface area contributed by atoms with E-state index in [1.54, 1.807) is 12.4 Å². The fraction of sp³-hybridized carbons (Fsp3) is 0.172. The van der Waals surface area contributed by atoms with Crippen molar-refractivity contribution in [1.82, 2.24) is 20.2 Å². The normalized spacial score (nSPS) is 13.6. The summed E-state index contributed by atoms with van der Waals surface area (Å²) in [5.41, 5.74) is 5.02. The molecule has 3 aromatic heterocycles. The van der Waals surface area contributed by atoms with E-state index >= 15 is 0 Å². The van der Waals surface area contributed by atoms with Crippen LogP contribution in [0.4, 0.5) is 10.1 Å². The van der Waals surface area contributed by atoms with E-state index < -0.39 is 5.82 Å². The molecule has 1 fully saturated rings. The lowest BCUT2D eigenvalue weighted by Crippen LogP contribution is -2.29. The minimum atomic E-state index is -0.667. The first-order valence-electron chi connectivity index (χ1n) is 12.2. The van der Waals surface area contributed by atoms with Gasteiger partial charge in [0, 0.05) is 53.9 Å². The van der Waals surface area contributed by atoms with Crippen LogP contribution >= 0.6 is 0 Å². The molecule has 0 aliphatic carbocycles. The number of hydrogen-bond acceptors (Lipinski definition) is 6. The minimum absolute atomic E-state index is 0.121. The molecule has 8 heteroatoms.